The van der Waals surface area contributed by atoms with Crippen LogP contribution in [-0.4, -0.2) is 42.8 Å². The minimum Gasteiger partial charge on any atom is -0.322 e. The molecule has 2 aromatic rings. The third-order valence-corrected chi connectivity index (χ3v) is 5.05. The van der Waals surface area contributed by atoms with E-state index in [1.54, 1.807) is 38.8 Å². The number of para-hydroxylation sites is 2. The minimum absolute atomic E-state index is 0.171. The molecule has 1 aliphatic heterocycles. The van der Waals surface area contributed by atoms with Crippen LogP contribution in [-0.2, 0) is 16.6 Å². The first kappa shape index (κ1) is 16.4. The third-order valence-electron chi connectivity index (χ3n) is 3.94. The summed E-state index contributed by atoms with van der Waals surface area (Å²) in [5.74, 6) is -0.387. The number of hydrogen-bond donors (Lipinski definition) is 1. The van der Waals surface area contributed by atoms with E-state index in [-0.39, 0.29) is 11.8 Å². The lowest BCUT2D eigenvalue weighted by molar-refractivity contribution is -0.126. The van der Waals surface area contributed by atoms with Crippen LogP contribution >= 0.6 is 11.8 Å². The van der Waals surface area contributed by atoms with Crippen molar-refractivity contribution in [3.63, 3.8) is 0 Å². The Kier molecular flexibility index (Phi) is 4.04. The van der Waals surface area contributed by atoms with Gasteiger partial charge in [-0.2, -0.15) is 0 Å². The summed E-state index contributed by atoms with van der Waals surface area (Å²) in [4.78, 5) is 27.1. The van der Waals surface area contributed by atoms with Gasteiger partial charge in [0.1, 0.15) is 5.54 Å². The molecule has 1 aliphatic rings. The number of benzene rings is 1. The Balaban J connectivity index is 1.95. The van der Waals surface area contributed by atoms with Crippen LogP contribution in [0.3, 0.4) is 0 Å². The molecule has 0 bridgehead atoms. The maximum absolute atomic E-state index is 13.1. The van der Waals surface area contributed by atoms with E-state index < -0.39 is 10.8 Å². The van der Waals surface area contributed by atoms with Crippen molar-refractivity contribution in [2.24, 2.45) is 7.05 Å². The number of anilines is 2. The Hall–Kier alpha value is -2.42. The highest BCUT2D eigenvalue weighted by Gasteiger charge is 2.44. The van der Waals surface area contributed by atoms with Crippen molar-refractivity contribution in [1.29, 1.82) is 0 Å². The van der Waals surface area contributed by atoms with Crippen LogP contribution in [0, 0.1) is 0 Å². The fraction of sp³-hybridized carbons (Fsp3) is 0.400. The van der Waals surface area contributed by atoms with Gasteiger partial charge in [0.2, 0.25) is 17.0 Å². The van der Waals surface area contributed by atoms with Crippen LogP contribution in [0.25, 0.3) is 0 Å². The number of carbonyl (C=O) groups is 2. The molecule has 126 valence electrons. The molecule has 0 radical (unpaired) electrons. The lowest BCUT2D eigenvalue weighted by Crippen LogP contribution is -2.60. The molecule has 0 fully saturated rings. The van der Waals surface area contributed by atoms with Gasteiger partial charge in [-0.05, 0) is 43.3 Å². The van der Waals surface area contributed by atoms with Gasteiger partial charge in [0.25, 0.3) is 0 Å². The molecule has 1 aromatic heterocycles. The molecule has 2 amide bonds. The number of carbonyl (C=O) groups excluding carboxylic acids is 2. The summed E-state index contributed by atoms with van der Waals surface area (Å²) in [6.07, 6.45) is 0. The van der Waals surface area contributed by atoms with E-state index in [4.69, 9.17) is 0 Å². The zero-order valence-electron chi connectivity index (χ0n) is 13.8. The number of nitrogens with one attached hydrogen (secondary N) is 1. The highest BCUT2D eigenvalue weighted by molar-refractivity contribution is 8.00. The van der Waals surface area contributed by atoms with Crippen molar-refractivity contribution in [1.82, 2.24) is 20.2 Å². The Morgan fingerprint density at radius 1 is 1.33 bits per heavy atom. The van der Waals surface area contributed by atoms with Gasteiger partial charge in [-0.3, -0.25) is 14.5 Å². The summed E-state index contributed by atoms with van der Waals surface area (Å²) >= 11 is 1.26. The number of fused-ring (bicyclic) bond motifs is 1. The van der Waals surface area contributed by atoms with Gasteiger partial charge < -0.3 is 5.32 Å². The van der Waals surface area contributed by atoms with Crippen LogP contribution in [0.4, 0.5) is 11.4 Å². The van der Waals surface area contributed by atoms with E-state index in [1.807, 2.05) is 18.2 Å². The van der Waals surface area contributed by atoms with Gasteiger partial charge in [0.15, 0.2) is 0 Å². The van der Waals surface area contributed by atoms with Gasteiger partial charge in [-0.15, -0.1) is 5.10 Å². The number of tetrazole rings is 1. The summed E-state index contributed by atoms with van der Waals surface area (Å²) in [5.41, 5.74) is 0.335. The van der Waals surface area contributed by atoms with Crippen LogP contribution in [0.5, 0.6) is 0 Å². The molecule has 9 heteroatoms. The number of thioether (sulfide) groups is 1. The highest BCUT2D eigenvalue weighted by Crippen LogP contribution is 2.38. The maximum Gasteiger partial charge on any atom is 0.250 e. The second-order valence-electron chi connectivity index (χ2n) is 6.05. The zero-order chi connectivity index (χ0) is 17.5. The van der Waals surface area contributed by atoms with Crippen molar-refractivity contribution in [2.45, 2.75) is 36.7 Å². The predicted octanol–water partition coefficient (Wildman–Crippen LogP) is 1.45. The topological polar surface area (TPSA) is 93.0 Å². The Bertz CT molecular complexity index is 803. The smallest absolute Gasteiger partial charge is 0.250 e. The molecule has 24 heavy (non-hydrogen) atoms. The number of aromatic nitrogens is 4. The molecule has 1 N–H and O–H groups in total. The van der Waals surface area contributed by atoms with Gasteiger partial charge in [0, 0.05) is 7.05 Å². The first-order valence-electron chi connectivity index (χ1n) is 7.46. The molecule has 1 aromatic carbocycles. The normalized spacial score (nSPS) is 17.2. The molecule has 1 atom stereocenters. The maximum atomic E-state index is 13.1. The molecule has 2 heterocycles. The van der Waals surface area contributed by atoms with Gasteiger partial charge in [0.05, 0.1) is 16.6 Å². The fourth-order valence-corrected chi connectivity index (χ4v) is 3.35. The van der Waals surface area contributed by atoms with Crippen LogP contribution < -0.4 is 10.2 Å². The fourth-order valence-electron chi connectivity index (χ4n) is 2.56. The molecule has 8 nitrogen and oxygen atoms in total. The van der Waals surface area contributed by atoms with Crippen molar-refractivity contribution >= 4 is 35.0 Å². The molecule has 0 saturated carbocycles. The Morgan fingerprint density at radius 3 is 2.71 bits per heavy atom. The molecule has 3 rings (SSSR count). The number of nitrogens with zero attached hydrogens (tertiary/aromatic N) is 5. The molecular weight excluding hydrogens is 328 g/mol. The van der Waals surface area contributed by atoms with Gasteiger partial charge in [-0.25, -0.2) is 4.68 Å². The van der Waals surface area contributed by atoms with E-state index in [9.17, 15) is 9.59 Å². The molecule has 0 unspecified atom stereocenters. The monoisotopic (exact) mass is 346 g/mol. The third kappa shape index (κ3) is 2.64. The number of aryl methyl sites for hydroxylation is 1. The number of hydrogen-bond acceptors (Lipinski definition) is 6. The minimum atomic E-state index is -0.988. The van der Waals surface area contributed by atoms with Crippen molar-refractivity contribution in [3.8, 4) is 0 Å². The standard InChI is InChI=1S/C15H18N6O2S/c1-9(24-14-17-18-19-20(14)4)12(22)21-11-8-6-5-7-10(11)16-13(23)15(21,2)3/h5-9H,1-4H3,(H,16,23)/t9-/m0/s1. The molecule has 0 saturated heterocycles. The predicted molar refractivity (Wildman–Crippen MR) is 90.8 cm³/mol. The summed E-state index contributed by atoms with van der Waals surface area (Å²) < 4.78 is 1.51. The Labute approximate surface area is 143 Å². The zero-order valence-corrected chi connectivity index (χ0v) is 14.7. The SMILES string of the molecule is C[C@H](Sc1nnnn1C)C(=O)N1c2ccccc2NC(=O)C1(C)C. The average molecular weight is 346 g/mol. The van der Waals surface area contributed by atoms with Crippen molar-refractivity contribution in [3.05, 3.63) is 24.3 Å². The first-order valence-corrected chi connectivity index (χ1v) is 8.34. The lowest BCUT2D eigenvalue weighted by Gasteiger charge is -2.42. The molecule has 0 spiro atoms. The summed E-state index contributed by atoms with van der Waals surface area (Å²) in [7, 11) is 1.72. The van der Waals surface area contributed by atoms with E-state index in [1.165, 1.54) is 16.4 Å². The van der Waals surface area contributed by atoms with Crippen molar-refractivity contribution < 1.29 is 9.59 Å². The second kappa shape index (κ2) is 5.90. The largest absolute Gasteiger partial charge is 0.322 e. The van der Waals surface area contributed by atoms with E-state index >= 15 is 0 Å². The average Bonchev–Trinajstić information content (AvgIpc) is 2.93. The van der Waals surface area contributed by atoms with E-state index in [0.29, 0.717) is 16.5 Å². The lowest BCUT2D eigenvalue weighted by atomic mass is 9.96. The summed E-state index contributed by atoms with van der Waals surface area (Å²) in [5, 5.41) is 14.2. The quantitative estimate of drug-likeness (QED) is 0.846. The van der Waals surface area contributed by atoms with Crippen LogP contribution in [0.2, 0.25) is 0 Å². The Morgan fingerprint density at radius 2 is 2.04 bits per heavy atom. The highest BCUT2D eigenvalue weighted by atomic mass is 32.2. The van der Waals surface area contributed by atoms with Crippen LogP contribution in [0.1, 0.15) is 20.8 Å². The van der Waals surface area contributed by atoms with Gasteiger partial charge >= 0.3 is 0 Å². The van der Waals surface area contributed by atoms with E-state index in [0.717, 1.165) is 0 Å². The summed E-state index contributed by atoms with van der Waals surface area (Å²) in [6.45, 7) is 5.25. The number of amides is 2. The number of rotatable bonds is 3. The van der Waals surface area contributed by atoms with E-state index in [2.05, 4.69) is 20.8 Å². The summed E-state index contributed by atoms with van der Waals surface area (Å²) in [6, 6.07) is 7.28. The molecule has 0 aliphatic carbocycles. The van der Waals surface area contributed by atoms with Gasteiger partial charge in [-0.1, -0.05) is 23.9 Å². The second-order valence-corrected chi connectivity index (χ2v) is 7.36. The molecular formula is C15H18N6O2S. The van der Waals surface area contributed by atoms with Crippen LogP contribution in [0.15, 0.2) is 29.4 Å². The first-order chi connectivity index (χ1) is 11.3. The van der Waals surface area contributed by atoms with Crippen molar-refractivity contribution in [2.75, 3.05) is 10.2 Å².